The molecule has 9 nitrogen and oxygen atoms in total. The highest BCUT2D eigenvalue weighted by Gasteiger charge is 2.26. The fourth-order valence-corrected chi connectivity index (χ4v) is 2.44. The Morgan fingerprint density at radius 1 is 1.48 bits per heavy atom. The van der Waals surface area contributed by atoms with Crippen molar-refractivity contribution in [3.05, 3.63) is 40.0 Å². The first-order valence-electron chi connectivity index (χ1n) is 7.37. The molecule has 9 heteroatoms. The normalized spacial score (nSPS) is 12.1. The lowest BCUT2D eigenvalue weighted by Crippen LogP contribution is -2.33. The van der Waals surface area contributed by atoms with Crippen LogP contribution in [-0.2, 0) is 11.3 Å². The molecule has 0 aliphatic heterocycles. The van der Waals surface area contributed by atoms with Gasteiger partial charge in [0.05, 0.1) is 4.92 Å². The largest absolute Gasteiger partial charge is 0.354 e. The van der Waals surface area contributed by atoms with Crippen LogP contribution in [0.25, 0.3) is 0 Å². The standard InChI is InChI=1S/C14H20N6O3/c1-10-13(20(22)23)11(2)19(17-10)12(3)14(21)15-6-4-8-18-9-5-7-16-18/h5,7,9,12H,4,6,8H2,1-3H3,(H,15,21). The van der Waals surface area contributed by atoms with Crippen LogP contribution >= 0.6 is 0 Å². The molecule has 0 spiro atoms. The summed E-state index contributed by atoms with van der Waals surface area (Å²) in [5, 5.41) is 22.0. The van der Waals surface area contributed by atoms with Crippen molar-refractivity contribution in [3.8, 4) is 0 Å². The Hall–Kier alpha value is -2.71. The molecule has 0 aliphatic rings. The molecule has 2 aromatic rings. The van der Waals surface area contributed by atoms with Crippen molar-refractivity contribution in [1.29, 1.82) is 0 Å². The molecule has 0 aromatic carbocycles. The Balaban J connectivity index is 1.92. The molecule has 1 atom stereocenters. The van der Waals surface area contributed by atoms with Crippen LogP contribution in [0.5, 0.6) is 0 Å². The van der Waals surface area contributed by atoms with E-state index in [9.17, 15) is 14.9 Å². The third-order valence-electron chi connectivity index (χ3n) is 3.64. The van der Waals surface area contributed by atoms with E-state index in [1.807, 2.05) is 12.3 Å². The minimum absolute atomic E-state index is 0.0386. The van der Waals surface area contributed by atoms with Crippen molar-refractivity contribution in [3.63, 3.8) is 0 Å². The molecular weight excluding hydrogens is 300 g/mol. The molecule has 124 valence electrons. The molecular formula is C14H20N6O3. The zero-order valence-corrected chi connectivity index (χ0v) is 13.4. The number of nitrogens with one attached hydrogen (secondary N) is 1. The lowest BCUT2D eigenvalue weighted by atomic mass is 10.2. The third-order valence-corrected chi connectivity index (χ3v) is 3.64. The monoisotopic (exact) mass is 320 g/mol. The first-order valence-corrected chi connectivity index (χ1v) is 7.37. The first-order chi connectivity index (χ1) is 10.9. The van der Waals surface area contributed by atoms with Gasteiger partial charge in [-0.05, 0) is 33.3 Å². The van der Waals surface area contributed by atoms with Crippen LogP contribution in [0.15, 0.2) is 18.5 Å². The van der Waals surface area contributed by atoms with Gasteiger partial charge >= 0.3 is 5.69 Å². The summed E-state index contributed by atoms with van der Waals surface area (Å²) in [6.07, 6.45) is 4.31. The maximum atomic E-state index is 12.2. The Labute approximate surface area is 133 Å². The van der Waals surface area contributed by atoms with Crippen molar-refractivity contribution in [2.75, 3.05) is 6.54 Å². The van der Waals surface area contributed by atoms with Gasteiger partial charge in [-0.2, -0.15) is 10.2 Å². The Morgan fingerprint density at radius 3 is 2.78 bits per heavy atom. The van der Waals surface area contributed by atoms with Gasteiger partial charge in [0.25, 0.3) is 0 Å². The molecule has 1 amide bonds. The second-order valence-corrected chi connectivity index (χ2v) is 5.31. The van der Waals surface area contributed by atoms with Crippen molar-refractivity contribution in [1.82, 2.24) is 24.9 Å². The van der Waals surface area contributed by atoms with E-state index >= 15 is 0 Å². The minimum Gasteiger partial charge on any atom is -0.354 e. The maximum absolute atomic E-state index is 12.2. The highest BCUT2D eigenvalue weighted by molar-refractivity contribution is 5.80. The van der Waals surface area contributed by atoms with E-state index in [1.165, 1.54) is 4.68 Å². The summed E-state index contributed by atoms with van der Waals surface area (Å²) in [5.74, 6) is -0.217. The van der Waals surface area contributed by atoms with Gasteiger partial charge in [-0.1, -0.05) is 0 Å². The summed E-state index contributed by atoms with van der Waals surface area (Å²) in [7, 11) is 0. The number of nitro groups is 1. The van der Waals surface area contributed by atoms with Crippen LogP contribution in [0.2, 0.25) is 0 Å². The van der Waals surface area contributed by atoms with Crippen molar-refractivity contribution >= 4 is 11.6 Å². The minimum atomic E-state index is -0.605. The van der Waals surface area contributed by atoms with Crippen molar-refractivity contribution in [2.45, 2.75) is 39.8 Å². The highest BCUT2D eigenvalue weighted by atomic mass is 16.6. The number of hydrogen-bond acceptors (Lipinski definition) is 5. The summed E-state index contributed by atoms with van der Waals surface area (Å²) >= 11 is 0. The summed E-state index contributed by atoms with van der Waals surface area (Å²) in [5.41, 5.74) is 0.654. The van der Waals surface area contributed by atoms with E-state index in [2.05, 4.69) is 15.5 Å². The molecule has 1 unspecified atom stereocenters. The Bertz CT molecular complexity index is 692. The lowest BCUT2D eigenvalue weighted by molar-refractivity contribution is -0.386. The number of amides is 1. The topological polar surface area (TPSA) is 108 Å². The van der Waals surface area contributed by atoms with Gasteiger partial charge in [0.1, 0.15) is 17.4 Å². The summed E-state index contributed by atoms with van der Waals surface area (Å²) in [4.78, 5) is 22.7. The van der Waals surface area contributed by atoms with Gasteiger partial charge in [0, 0.05) is 25.5 Å². The molecule has 1 N–H and O–H groups in total. The van der Waals surface area contributed by atoms with Gasteiger partial charge in [-0.25, -0.2) is 0 Å². The van der Waals surface area contributed by atoms with Crippen LogP contribution < -0.4 is 5.32 Å². The first kappa shape index (κ1) is 16.7. The fraction of sp³-hybridized carbons (Fsp3) is 0.500. The van der Waals surface area contributed by atoms with E-state index in [1.54, 1.807) is 31.6 Å². The van der Waals surface area contributed by atoms with E-state index in [0.717, 1.165) is 6.42 Å². The van der Waals surface area contributed by atoms with Gasteiger partial charge in [-0.15, -0.1) is 0 Å². The number of aryl methyl sites for hydroxylation is 2. The molecule has 0 fully saturated rings. The number of aromatic nitrogens is 4. The molecule has 0 bridgehead atoms. The second kappa shape index (κ2) is 7.03. The molecule has 2 heterocycles. The predicted octanol–water partition coefficient (Wildman–Crippen LogP) is 1.37. The number of carbonyl (C=O) groups is 1. The smallest absolute Gasteiger partial charge is 0.312 e. The maximum Gasteiger partial charge on any atom is 0.312 e. The fourth-order valence-electron chi connectivity index (χ4n) is 2.44. The molecule has 0 saturated carbocycles. The highest BCUT2D eigenvalue weighted by Crippen LogP contribution is 2.24. The number of hydrogen-bond donors (Lipinski definition) is 1. The molecule has 0 aliphatic carbocycles. The summed E-state index contributed by atoms with van der Waals surface area (Å²) in [6.45, 7) is 6.05. The van der Waals surface area contributed by atoms with Gasteiger partial charge in [0.2, 0.25) is 5.91 Å². The number of nitrogens with zero attached hydrogens (tertiary/aromatic N) is 5. The van der Waals surface area contributed by atoms with Gasteiger partial charge in [-0.3, -0.25) is 24.3 Å². The second-order valence-electron chi connectivity index (χ2n) is 5.31. The van der Waals surface area contributed by atoms with E-state index in [4.69, 9.17) is 0 Å². The van der Waals surface area contributed by atoms with E-state index < -0.39 is 11.0 Å². The zero-order chi connectivity index (χ0) is 17.0. The molecule has 23 heavy (non-hydrogen) atoms. The predicted molar refractivity (Wildman–Crippen MR) is 82.9 cm³/mol. The van der Waals surface area contributed by atoms with Crippen LogP contribution in [0.3, 0.4) is 0 Å². The average Bonchev–Trinajstić information content (AvgIpc) is 3.10. The third kappa shape index (κ3) is 3.74. The van der Waals surface area contributed by atoms with Crippen LogP contribution in [-0.4, -0.2) is 36.9 Å². The van der Waals surface area contributed by atoms with Gasteiger partial charge < -0.3 is 5.32 Å². The molecule has 2 aromatic heterocycles. The molecule has 2 rings (SSSR count). The summed E-state index contributed by atoms with van der Waals surface area (Å²) in [6, 6.07) is 1.24. The van der Waals surface area contributed by atoms with Crippen LogP contribution in [0, 0.1) is 24.0 Å². The summed E-state index contributed by atoms with van der Waals surface area (Å²) < 4.78 is 3.19. The SMILES string of the molecule is Cc1nn(C(C)C(=O)NCCCn2cccn2)c(C)c1[N+](=O)[O-]. The van der Waals surface area contributed by atoms with Crippen molar-refractivity contribution in [2.24, 2.45) is 0 Å². The number of carbonyl (C=O) groups excluding carboxylic acids is 1. The van der Waals surface area contributed by atoms with Crippen molar-refractivity contribution < 1.29 is 9.72 Å². The lowest BCUT2D eigenvalue weighted by Gasteiger charge is -2.14. The Kier molecular flexibility index (Phi) is 5.09. The van der Waals surface area contributed by atoms with E-state index in [0.29, 0.717) is 24.5 Å². The average molecular weight is 320 g/mol. The molecule has 0 saturated heterocycles. The quantitative estimate of drug-likeness (QED) is 0.471. The van der Waals surface area contributed by atoms with Crippen LogP contribution in [0.1, 0.15) is 30.8 Å². The number of rotatable bonds is 7. The zero-order valence-electron chi connectivity index (χ0n) is 13.4. The molecule has 0 radical (unpaired) electrons. The van der Waals surface area contributed by atoms with Gasteiger partial charge in [0.15, 0.2) is 0 Å². The van der Waals surface area contributed by atoms with E-state index in [-0.39, 0.29) is 11.6 Å². The Morgan fingerprint density at radius 2 is 2.22 bits per heavy atom. The van der Waals surface area contributed by atoms with Crippen LogP contribution in [0.4, 0.5) is 5.69 Å².